The van der Waals surface area contributed by atoms with Crippen LogP contribution in [0.2, 0.25) is 6.04 Å². The van der Waals surface area contributed by atoms with Crippen LogP contribution in [0.5, 0.6) is 0 Å². The highest BCUT2D eigenvalue weighted by Gasteiger charge is 2.43. The molecule has 0 aliphatic rings. The fourth-order valence-corrected chi connectivity index (χ4v) is 3.86. The number of halogens is 2. The molecule has 0 N–H and O–H groups in total. The summed E-state index contributed by atoms with van der Waals surface area (Å²) in [6.07, 6.45) is -1.57. The van der Waals surface area contributed by atoms with E-state index in [9.17, 15) is 8.78 Å². The molecule has 3 nitrogen and oxygen atoms in total. The molecule has 15 heavy (non-hydrogen) atoms. The summed E-state index contributed by atoms with van der Waals surface area (Å²) >= 11 is 0. The lowest BCUT2D eigenvalue weighted by Gasteiger charge is -2.28. The molecule has 92 valence electrons. The summed E-state index contributed by atoms with van der Waals surface area (Å²) in [4.78, 5) is 0. The maximum Gasteiger partial charge on any atom is 0.504 e. The molecular formula is C9H20F2O3Si. The summed E-state index contributed by atoms with van der Waals surface area (Å²) in [5.41, 5.74) is 0. The van der Waals surface area contributed by atoms with Crippen LogP contribution in [-0.4, -0.2) is 41.5 Å². The highest BCUT2D eigenvalue weighted by molar-refractivity contribution is 6.60. The molecule has 0 rings (SSSR count). The molecule has 0 bridgehead atoms. The van der Waals surface area contributed by atoms with Crippen molar-refractivity contribution in [3.8, 4) is 0 Å². The van der Waals surface area contributed by atoms with E-state index in [4.69, 9.17) is 13.3 Å². The third-order valence-corrected chi connectivity index (χ3v) is 4.86. The summed E-state index contributed by atoms with van der Waals surface area (Å²) in [7, 11) is -2.99. The molecule has 0 fully saturated rings. The SMILES string of the molecule is CCO[Si](CC(F)CF)(OCC)OCC. The van der Waals surface area contributed by atoms with Crippen LogP contribution in [0.3, 0.4) is 0 Å². The van der Waals surface area contributed by atoms with Gasteiger partial charge in [-0.05, 0) is 20.8 Å². The van der Waals surface area contributed by atoms with Crippen molar-refractivity contribution in [2.45, 2.75) is 33.0 Å². The molecule has 0 aliphatic heterocycles. The van der Waals surface area contributed by atoms with E-state index >= 15 is 0 Å². The van der Waals surface area contributed by atoms with E-state index in [-0.39, 0.29) is 6.04 Å². The van der Waals surface area contributed by atoms with Crippen LogP contribution in [0.25, 0.3) is 0 Å². The second-order valence-electron chi connectivity index (χ2n) is 2.94. The fourth-order valence-electron chi connectivity index (χ4n) is 1.29. The Morgan fingerprint density at radius 3 is 1.67 bits per heavy atom. The molecule has 0 aromatic carbocycles. The van der Waals surface area contributed by atoms with Crippen LogP contribution in [0.15, 0.2) is 0 Å². The maximum absolute atomic E-state index is 13.0. The van der Waals surface area contributed by atoms with Gasteiger partial charge in [0.05, 0.1) is 6.04 Å². The summed E-state index contributed by atoms with van der Waals surface area (Å²) < 4.78 is 41.2. The van der Waals surface area contributed by atoms with Gasteiger partial charge in [-0.3, -0.25) is 0 Å². The predicted molar refractivity (Wildman–Crippen MR) is 56.3 cm³/mol. The molecule has 1 atom stereocenters. The van der Waals surface area contributed by atoms with Gasteiger partial charge >= 0.3 is 8.80 Å². The zero-order chi connectivity index (χ0) is 11.7. The van der Waals surface area contributed by atoms with Crippen LogP contribution in [0.1, 0.15) is 20.8 Å². The quantitative estimate of drug-likeness (QED) is 0.581. The van der Waals surface area contributed by atoms with E-state index in [2.05, 4.69) is 0 Å². The number of rotatable bonds is 9. The zero-order valence-electron chi connectivity index (χ0n) is 9.59. The Balaban J connectivity index is 4.44. The van der Waals surface area contributed by atoms with Gasteiger partial charge in [-0.1, -0.05) is 0 Å². The molecule has 0 radical (unpaired) electrons. The van der Waals surface area contributed by atoms with Gasteiger partial charge < -0.3 is 13.3 Å². The summed E-state index contributed by atoms with van der Waals surface area (Å²) in [6, 6.07) is -0.112. The Kier molecular flexibility index (Phi) is 8.13. The summed E-state index contributed by atoms with van der Waals surface area (Å²) in [6.45, 7) is 5.46. The van der Waals surface area contributed by atoms with Crippen molar-refractivity contribution in [1.82, 2.24) is 0 Å². The molecule has 0 saturated carbocycles. The lowest BCUT2D eigenvalue weighted by molar-refractivity contribution is 0.0628. The van der Waals surface area contributed by atoms with Gasteiger partial charge in [0.15, 0.2) is 0 Å². The monoisotopic (exact) mass is 242 g/mol. The van der Waals surface area contributed by atoms with E-state index in [0.29, 0.717) is 19.8 Å². The third-order valence-electron chi connectivity index (χ3n) is 1.73. The van der Waals surface area contributed by atoms with Crippen molar-refractivity contribution in [2.75, 3.05) is 26.5 Å². The third kappa shape index (κ3) is 5.55. The van der Waals surface area contributed by atoms with E-state index < -0.39 is 21.7 Å². The minimum absolute atomic E-state index is 0.112. The lowest BCUT2D eigenvalue weighted by atomic mass is 10.5. The van der Waals surface area contributed by atoms with Crippen LogP contribution < -0.4 is 0 Å². The minimum Gasteiger partial charge on any atom is -0.374 e. The van der Waals surface area contributed by atoms with Crippen molar-refractivity contribution in [2.24, 2.45) is 0 Å². The standard InChI is InChI=1S/C9H20F2O3Si/c1-4-12-15(13-5-2,14-6-3)8-9(11)7-10/h9H,4-8H2,1-3H3. The Morgan fingerprint density at radius 1 is 1.00 bits per heavy atom. The first kappa shape index (κ1) is 15.0. The van der Waals surface area contributed by atoms with Gasteiger partial charge in [0.25, 0.3) is 0 Å². The van der Waals surface area contributed by atoms with Gasteiger partial charge in [-0.15, -0.1) is 0 Å². The molecule has 0 aliphatic carbocycles. The summed E-state index contributed by atoms with van der Waals surface area (Å²) in [5.74, 6) is 0. The van der Waals surface area contributed by atoms with Crippen molar-refractivity contribution in [3.63, 3.8) is 0 Å². The second-order valence-corrected chi connectivity index (χ2v) is 5.58. The van der Waals surface area contributed by atoms with Crippen molar-refractivity contribution in [3.05, 3.63) is 0 Å². The van der Waals surface area contributed by atoms with Crippen LogP contribution >= 0.6 is 0 Å². The zero-order valence-corrected chi connectivity index (χ0v) is 10.6. The lowest BCUT2D eigenvalue weighted by Crippen LogP contribution is -2.48. The highest BCUT2D eigenvalue weighted by atomic mass is 28.4. The Labute approximate surface area is 91.1 Å². The molecule has 0 amide bonds. The van der Waals surface area contributed by atoms with E-state index in [1.165, 1.54) is 0 Å². The van der Waals surface area contributed by atoms with Crippen molar-refractivity contribution >= 4 is 8.80 Å². The van der Waals surface area contributed by atoms with Gasteiger partial charge in [0, 0.05) is 19.8 Å². The molecule has 0 aromatic heterocycles. The average molecular weight is 242 g/mol. The number of alkyl halides is 2. The summed E-state index contributed by atoms with van der Waals surface area (Å²) in [5, 5.41) is 0. The Bertz CT molecular complexity index is 143. The smallest absolute Gasteiger partial charge is 0.374 e. The van der Waals surface area contributed by atoms with Crippen LogP contribution in [-0.2, 0) is 13.3 Å². The Hall–Kier alpha value is -0.0431. The maximum atomic E-state index is 13.0. The van der Waals surface area contributed by atoms with Gasteiger partial charge in [0.1, 0.15) is 12.8 Å². The Morgan fingerprint density at radius 2 is 1.40 bits per heavy atom. The fraction of sp³-hybridized carbons (Fsp3) is 1.00. The van der Waals surface area contributed by atoms with Crippen LogP contribution in [0.4, 0.5) is 8.78 Å². The predicted octanol–water partition coefficient (Wildman–Crippen LogP) is 2.34. The first-order valence-corrected chi connectivity index (χ1v) is 7.19. The van der Waals surface area contributed by atoms with E-state index in [1.54, 1.807) is 20.8 Å². The van der Waals surface area contributed by atoms with E-state index in [1.807, 2.05) is 0 Å². The van der Waals surface area contributed by atoms with Crippen molar-refractivity contribution in [1.29, 1.82) is 0 Å². The normalized spacial score (nSPS) is 14.2. The van der Waals surface area contributed by atoms with Gasteiger partial charge in [-0.25, -0.2) is 8.78 Å². The second kappa shape index (κ2) is 8.15. The number of hydrogen-bond donors (Lipinski definition) is 0. The molecule has 0 aromatic rings. The van der Waals surface area contributed by atoms with Gasteiger partial charge in [0.2, 0.25) is 0 Å². The minimum atomic E-state index is -2.99. The average Bonchev–Trinajstić information content (AvgIpc) is 2.18. The first-order chi connectivity index (χ1) is 7.14. The molecule has 0 saturated heterocycles. The topological polar surface area (TPSA) is 27.7 Å². The van der Waals surface area contributed by atoms with Crippen LogP contribution in [0, 0.1) is 0 Å². The molecule has 0 spiro atoms. The first-order valence-electron chi connectivity index (χ1n) is 5.26. The number of hydrogen-bond acceptors (Lipinski definition) is 3. The molecule has 6 heteroatoms. The molecule has 1 unspecified atom stereocenters. The molecular weight excluding hydrogens is 222 g/mol. The van der Waals surface area contributed by atoms with Gasteiger partial charge in [-0.2, -0.15) is 0 Å². The largest absolute Gasteiger partial charge is 0.504 e. The van der Waals surface area contributed by atoms with E-state index in [0.717, 1.165) is 0 Å². The molecule has 0 heterocycles. The van der Waals surface area contributed by atoms with Crippen molar-refractivity contribution < 1.29 is 22.1 Å². The highest BCUT2D eigenvalue weighted by Crippen LogP contribution is 2.20.